The molecule has 0 saturated carbocycles. The molecule has 3 aromatic carbocycles. The van der Waals surface area contributed by atoms with Crippen LogP contribution in [0, 0.1) is 0 Å². The zero-order valence-electron chi connectivity index (χ0n) is 12.4. The minimum atomic E-state index is -4.93. The van der Waals surface area contributed by atoms with E-state index in [9.17, 15) is 31.4 Å². The number of fused-ring (bicyclic) bond motifs is 1. The summed E-state index contributed by atoms with van der Waals surface area (Å²) in [5, 5.41) is 10.7. The molecule has 0 bridgehead atoms. The lowest BCUT2D eigenvalue weighted by atomic mass is 9.94. The predicted octanol–water partition coefficient (Wildman–Crippen LogP) is 6.25. The maximum absolute atomic E-state index is 13.0. The normalized spacial score (nSPS) is 12.6. The lowest BCUT2D eigenvalue weighted by Crippen LogP contribution is -2.11. The zero-order valence-corrected chi connectivity index (χ0v) is 12.4. The largest absolute Gasteiger partial charge is 0.507 e. The fraction of sp³-hybridized carbons (Fsp3) is 0.111. The number of phenols is 1. The molecule has 0 saturated heterocycles. The van der Waals surface area contributed by atoms with Gasteiger partial charge in [0.15, 0.2) is 0 Å². The summed E-state index contributed by atoms with van der Waals surface area (Å²) in [6, 6.07) is 10.3. The first kappa shape index (κ1) is 17.1. The van der Waals surface area contributed by atoms with Crippen molar-refractivity contribution in [2.24, 2.45) is 0 Å². The minimum Gasteiger partial charge on any atom is -0.507 e. The molecule has 3 aromatic rings. The molecular formula is C18H10F6O. The van der Waals surface area contributed by atoms with Crippen molar-refractivity contribution in [2.45, 2.75) is 12.4 Å². The number of alkyl halides is 6. The Morgan fingerprint density at radius 1 is 0.680 bits per heavy atom. The number of hydrogen-bond acceptors (Lipinski definition) is 1. The van der Waals surface area contributed by atoms with Gasteiger partial charge in [-0.1, -0.05) is 30.3 Å². The highest BCUT2D eigenvalue weighted by atomic mass is 19.4. The fourth-order valence-electron chi connectivity index (χ4n) is 2.67. The molecule has 3 rings (SSSR count). The summed E-state index contributed by atoms with van der Waals surface area (Å²) in [5.74, 6) is -0.223. The molecule has 0 spiro atoms. The van der Waals surface area contributed by atoms with Crippen LogP contribution in [0.15, 0.2) is 54.6 Å². The summed E-state index contributed by atoms with van der Waals surface area (Å²) >= 11 is 0. The smallest absolute Gasteiger partial charge is 0.416 e. The summed E-state index contributed by atoms with van der Waals surface area (Å²) in [5.41, 5.74) is -2.98. The van der Waals surface area contributed by atoms with Gasteiger partial charge in [-0.25, -0.2) is 0 Å². The van der Waals surface area contributed by atoms with Crippen molar-refractivity contribution >= 4 is 10.8 Å². The van der Waals surface area contributed by atoms with Gasteiger partial charge in [-0.3, -0.25) is 0 Å². The maximum Gasteiger partial charge on any atom is 0.416 e. The van der Waals surface area contributed by atoms with Crippen LogP contribution in [0.2, 0.25) is 0 Å². The van der Waals surface area contributed by atoms with E-state index in [0.29, 0.717) is 17.5 Å². The van der Waals surface area contributed by atoms with Crippen molar-refractivity contribution in [1.82, 2.24) is 0 Å². The van der Waals surface area contributed by atoms with Gasteiger partial charge in [0.25, 0.3) is 0 Å². The van der Waals surface area contributed by atoms with Crippen molar-refractivity contribution in [3.05, 3.63) is 65.7 Å². The highest BCUT2D eigenvalue weighted by molar-refractivity contribution is 6.00. The quantitative estimate of drug-likeness (QED) is 0.511. The van der Waals surface area contributed by atoms with E-state index in [-0.39, 0.29) is 28.3 Å². The monoisotopic (exact) mass is 356 g/mol. The highest BCUT2D eigenvalue weighted by Crippen LogP contribution is 2.41. The third kappa shape index (κ3) is 3.26. The number of halogens is 6. The van der Waals surface area contributed by atoms with Crippen LogP contribution < -0.4 is 0 Å². The van der Waals surface area contributed by atoms with Crippen molar-refractivity contribution in [1.29, 1.82) is 0 Å². The van der Waals surface area contributed by atoms with E-state index < -0.39 is 23.5 Å². The Morgan fingerprint density at radius 2 is 1.20 bits per heavy atom. The van der Waals surface area contributed by atoms with Crippen LogP contribution in [0.1, 0.15) is 11.1 Å². The summed E-state index contributed by atoms with van der Waals surface area (Å²) in [4.78, 5) is 0. The number of hydrogen-bond donors (Lipinski definition) is 1. The van der Waals surface area contributed by atoms with E-state index in [0.717, 1.165) is 0 Å². The summed E-state index contributed by atoms with van der Waals surface area (Å²) in [6.45, 7) is 0. The molecule has 7 heteroatoms. The van der Waals surface area contributed by atoms with Gasteiger partial charge in [-0.15, -0.1) is 0 Å². The Bertz CT molecular complexity index is 903. The highest BCUT2D eigenvalue weighted by Gasteiger charge is 2.37. The van der Waals surface area contributed by atoms with E-state index in [1.165, 1.54) is 24.3 Å². The lowest BCUT2D eigenvalue weighted by Gasteiger charge is -2.15. The van der Waals surface area contributed by atoms with E-state index in [1.54, 1.807) is 12.1 Å². The first-order valence-corrected chi connectivity index (χ1v) is 7.08. The van der Waals surface area contributed by atoms with Gasteiger partial charge in [0, 0.05) is 5.39 Å². The van der Waals surface area contributed by atoms with Gasteiger partial charge in [-0.05, 0) is 40.8 Å². The molecule has 0 amide bonds. The first-order valence-electron chi connectivity index (χ1n) is 7.08. The molecule has 130 valence electrons. The van der Waals surface area contributed by atoms with Crippen LogP contribution in [0.3, 0.4) is 0 Å². The molecule has 0 aromatic heterocycles. The molecule has 0 atom stereocenters. The molecule has 0 aliphatic carbocycles. The Kier molecular flexibility index (Phi) is 3.89. The van der Waals surface area contributed by atoms with Crippen LogP contribution in [-0.2, 0) is 12.4 Å². The minimum absolute atomic E-state index is 0.0779. The summed E-state index contributed by atoms with van der Waals surface area (Å²) in [6.07, 6.45) is -9.86. The van der Waals surface area contributed by atoms with Gasteiger partial charge < -0.3 is 5.11 Å². The zero-order chi connectivity index (χ0) is 18.4. The van der Waals surface area contributed by atoms with Crippen molar-refractivity contribution in [3.8, 4) is 16.9 Å². The first-order chi connectivity index (χ1) is 11.6. The summed E-state index contributed by atoms with van der Waals surface area (Å²) in [7, 11) is 0. The molecule has 1 N–H and O–H groups in total. The molecule has 0 unspecified atom stereocenters. The second-order valence-corrected chi connectivity index (χ2v) is 5.48. The SMILES string of the molecule is Oc1cccc2cccc(-c3cc(C(F)(F)F)cc(C(F)(F)F)c3)c12. The van der Waals surface area contributed by atoms with Gasteiger partial charge in [0.2, 0.25) is 0 Å². The van der Waals surface area contributed by atoms with E-state index in [2.05, 4.69) is 0 Å². The van der Waals surface area contributed by atoms with Crippen molar-refractivity contribution in [2.75, 3.05) is 0 Å². The Balaban J connectivity index is 2.35. The number of rotatable bonds is 1. The summed E-state index contributed by atoms with van der Waals surface area (Å²) < 4.78 is 78.2. The molecule has 25 heavy (non-hydrogen) atoms. The Hall–Kier alpha value is -2.70. The van der Waals surface area contributed by atoms with E-state index in [4.69, 9.17) is 0 Å². The number of benzene rings is 3. The standard InChI is InChI=1S/C18H10F6O/c19-17(20,21)12-7-11(8-13(9-12)18(22,23)24)14-5-1-3-10-4-2-6-15(25)16(10)14/h1-9,25H. The molecular weight excluding hydrogens is 346 g/mol. The number of aromatic hydroxyl groups is 1. The molecule has 0 fully saturated rings. The van der Waals surface area contributed by atoms with Crippen LogP contribution in [-0.4, -0.2) is 5.11 Å². The van der Waals surface area contributed by atoms with Gasteiger partial charge in [0.1, 0.15) is 5.75 Å². The van der Waals surface area contributed by atoms with Crippen molar-refractivity contribution < 1.29 is 31.4 Å². The maximum atomic E-state index is 13.0. The van der Waals surface area contributed by atoms with E-state index in [1.807, 2.05) is 0 Å². The van der Waals surface area contributed by atoms with E-state index >= 15 is 0 Å². The van der Waals surface area contributed by atoms with Gasteiger partial charge in [0.05, 0.1) is 11.1 Å². The second kappa shape index (κ2) is 5.68. The van der Waals surface area contributed by atoms with Crippen LogP contribution >= 0.6 is 0 Å². The topological polar surface area (TPSA) is 20.2 Å². The molecule has 0 aliphatic heterocycles. The Morgan fingerprint density at radius 3 is 1.72 bits per heavy atom. The van der Waals surface area contributed by atoms with Crippen LogP contribution in [0.25, 0.3) is 21.9 Å². The number of phenolic OH excluding ortho intramolecular Hbond substituents is 1. The fourth-order valence-corrected chi connectivity index (χ4v) is 2.67. The third-order valence-corrected chi connectivity index (χ3v) is 3.78. The van der Waals surface area contributed by atoms with Gasteiger partial charge >= 0.3 is 12.4 Å². The molecule has 1 nitrogen and oxygen atoms in total. The molecule has 0 radical (unpaired) electrons. The third-order valence-electron chi connectivity index (χ3n) is 3.78. The second-order valence-electron chi connectivity index (χ2n) is 5.48. The Labute approximate surface area is 138 Å². The van der Waals surface area contributed by atoms with Gasteiger partial charge in [-0.2, -0.15) is 26.3 Å². The average molecular weight is 356 g/mol. The molecule has 0 aliphatic rings. The van der Waals surface area contributed by atoms with Crippen LogP contribution in [0.4, 0.5) is 26.3 Å². The predicted molar refractivity (Wildman–Crippen MR) is 81.1 cm³/mol. The average Bonchev–Trinajstić information content (AvgIpc) is 2.52. The lowest BCUT2D eigenvalue weighted by molar-refractivity contribution is -0.143. The molecule has 0 heterocycles. The van der Waals surface area contributed by atoms with Crippen LogP contribution in [0.5, 0.6) is 5.75 Å². The van der Waals surface area contributed by atoms with Crippen molar-refractivity contribution in [3.63, 3.8) is 0 Å².